The summed E-state index contributed by atoms with van der Waals surface area (Å²) in [6, 6.07) is 0.283. The fourth-order valence-corrected chi connectivity index (χ4v) is 3.82. The second kappa shape index (κ2) is 9.20. The predicted molar refractivity (Wildman–Crippen MR) is 116 cm³/mol. The highest BCUT2D eigenvalue weighted by molar-refractivity contribution is 9.10. The zero-order chi connectivity index (χ0) is 21.9. The van der Waals surface area contributed by atoms with E-state index >= 15 is 0 Å². The molecule has 0 spiro atoms. The topological polar surface area (TPSA) is 107 Å². The van der Waals surface area contributed by atoms with Gasteiger partial charge in [0, 0.05) is 24.5 Å². The van der Waals surface area contributed by atoms with Gasteiger partial charge in [0.2, 0.25) is 0 Å². The van der Waals surface area contributed by atoms with Gasteiger partial charge < -0.3 is 24.5 Å². The van der Waals surface area contributed by atoms with Crippen molar-refractivity contribution in [2.24, 2.45) is 0 Å². The Labute approximate surface area is 184 Å². The van der Waals surface area contributed by atoms with E-state index in [-0.39, 0.29) is 23.9 Å². The van der Waals surface area contributed by atoms with Crippen LogP contribution in [0.4, 0.5) is 10.6 Å². The number of hydrogen-bond donors (Lipinski definition) is 2. The number of alkyl carbamates (subject to hydrolysis) is 1. The second-order valence-electron chi connectivity index (χ2n) is 8.33. The van der Waals surface area contributed by atoms with Crippen LogP contribution in [0.1, 0.15) is 63.9 Å². The fraction of sp³-hybridized carbons (Fsp3) is 0.600. The minimum absolute atomic E-state index is 0.0928. The molecule has 1 saturated carbocycles. The lowest BCUT2D eigenvalue weighted by molar-refractivity contribution is 0.0488. The molecular formula is C20H28BrN5O4. The third-order valence-corrected chi connectivity index (χ3v) is 5.06. The van der Waals surface area contributed by atoms with E-state index in [0.717, 1.165) is 25.7 Å². The molecule has 1 fully saturated rings. The van der Waals surface area contributed by atoms with Crippen LogP contribution >= 0.6 is 15.9 Å². The minimum Gasteiger partial charge on any atom is -0.461 e. The van der Waals surface area contributed by atoms with Crippen molar-refractivity contribution in [3.63, 3.8) is 0 Å². The maximum atomic E-state index is 12.0. The summed E-state index contributed by atoms with van der Waals surface area (Å²) in [5.41, 5.74) is 0.299. The standard InChI is InChI=1S/C20H28BrN5O4/c1-5-29-18(27)14-10-26-11-15(21)25-16(17(26)24-14)22-12-6-8-13(9-7-12)23-19(28)30-20(2,3)4/h10-13H,5-9H2,1-4H3,(H,22,25)(H,23,28). The Morgan fingerprint density at radius 3 is 2.47 bits per heavy atom. The summed E-state index contributed by atoms with van der Waals surface area (Å²) in [6.45, 7) is 7.60. The molecule has 0 saturated heterocycles. The van der Waals surface area contributed by atoms with Crippen LogP contribution in [0, 0.1) is 0 Å². The number of ether oxygens (including phenoxy) is 2. The summed E-state index contributed by atoms with van der Waals surface area (Å²) in [5, 5.41) is 6.39. The summed E-state index contributed by atoms with van der Waals surface area (Å²) >= 11 is 3.41. The van der Waals surface area contributed by atoms with Crippen molar-refractivity contribution < 1.29 is 19.1 Å². The zero-order valence-electron chi connectivity index (χ0n) is 17.7. The number of hydrogen-bond acceptors (Lipinski definition) is 7. The van der Waals surface area contributed by atoms with Gasteiger partial charge in [0.1, 0.15) is 10.2 Å². The highest BCUT2D eigenvalue weighted by Gasteiger charge is 2.26. The first-order chi connectivity index (χ1) is 14.1. The van der Waals surface area contributed by atoms with E-state index in [0.29, 0.717) is 22.7 Å². The van der Waals surface area contributed by atoms with E-state index in [1.54, 1.807) is 23.7 Å². The first kappa shape index (κ1) is 22.3. The third-order valence-electron chi connectivity index (χ3n) is 4.68. The quantitative estimate of drug-likeness (QED) is 0.623. The molecule has 1 aliphatic carbocycles. The SMILES string of the molecule is CCOC(=O)c1cn2cc(Br)nc(NC3CCC(NC(=O)OC(C)(C)C)CC3)c2n1. The van der Waals surface area contributed by atoms with Crippen molar-refractivity contribution in [2.75, 3.05) is 11.9 Å². The number of carbonyl (C=O) groups excluding carboxylic acids is 2. The monoisotopic (exact) mass is 481 g/mol. The van der Waals surface area contributed by atoms with Gasteiger partial charge in [0.25, 0.3) is 0 Å². The van der Waals surface area contributed by atoms with E-state index < -0.39 is 11.6 Å². The Bertz CT molecular complexity index is 916. The van der Waals surface area contributed by atoms with Crippen molar-refractivity contribution in [1.29, 1.82) is 0 Å². The molecule has 164 valence electrons. The molecule has 1 aliphatic rings. The minimum atomic E-state index is -0.507. The Morgan fingerprint density at radius 1 is 1.17 bits per heavy atom. The number of amides is 1. The van der Waals surface area contributed by atoms with Gasteiger partial charge in [0.15, 0.2) is 17.2 Å². The van der Waals surface area contributed by atoms with Crippen LogP contribution in [0.15, 0.2) is 17.0 Å². The normalized spacial score (nSPS) is 19.4. The lowest BCUT2D eigenvalue weighted by atomic mass is 9.91. The van der Waals surface area contributed by atoms with Gasteiger partial charge in [-0.2, -0.15) is 0 Å². The van der Waals surface area contributed by atoms with Crippen molar-refractivity contribution >= 4 is 39.5 Å². The van der Waals surface area contributed by atoms with Crippen molar-refractivity contribution in [3.05, 3.63) is 22.7 Å². The van der Waals surface area contributed by atoms with Crippen LogP contribution in [-0.4, -0.2) is 50.7 Å². The first-order valence-electron chi connectivity index (χ1n) is 10.1. The lowest BCUT2D eigenvalue weighted by Gasteiger charge is -2.30. The van der Waals surface area contributed by atoms with Gasteiger partial charge in [-0.25, -0.2) is 19.6 Å². The van der Waals surface area contributed by atoms with Crippen LogP contribution in [0.5, 0.6) is 0 Å². The number of rotatable bonds is 5. The van der Waals surface area contributed by atoms with Gasteiger partial charge >= 0.3 is 12.1 Å². The molecule has 0 bridgehead atoms. The predicted octanol–water partition coefficient (Wildman–Crippen LogP) is 3.92. The molecule has 2 N–H and O–H groups in total. The number of nitrogens with one attached hydrogen (secondary N) is 2. The molecule has 2 aromatic heterocycles. The van der Waals surface area contributed by atoms with E-state index in [2.05, 4.69) is 36.5 Å². The molecule has 0 atom stereocenters. The molecule has 0 aromatic carbocycles. The maximum Gasteiger partial charge on any atom is 0.407 e. The fourth-order valence-electron chi connectivity index (χ4n) is 3.42. The van der Waals surface area contributed by atoms with Gasteiger partial charge in [-0.05, 0) is 69.3 Å². The summed E-state index contributed by atoms with van der Waals surface area (Å²) in [7, 11) is 0. The number of halogens is 1. The number of anilines is 1. The third kappa shape index (κ3) is 5.84. The van der Waals surface area contributed by atoms with Gasteiger partial charge in [0.05, 0.1) is 6.61 Å². The molecule has 0 unspecified atom stereocenters. The van der Waals surface area contributed by atoms with Gasteiger partial charge in [-0.15, -0.1) is 0 Å². The molecule has 1 amide bonds. The number of nitrogens with zero attached hydrogens (tertiary/aromatic N) is 3. The molecule has 3 rings (SSSR count). The molecule has 9 nitrogen and oxygen atoms in total. The molecular weight excluding hydrogens is 454 g/mol. The van der Waals surface area contributed by atoms with Crippen LogP contribution in [0.25, 0.3) is 5.65 Å². The van der Waals surface area contributed by atoms with Crippen LogP contribution in [0.2, 0.25) is 0 Å². The first-order valence-corrected chi connectivity index (χ1v) is 10.9. The Balaban J connectivity index is 1.63. The smallest absolute Gasteiger partial charge is 0.407 e. The largest absolute Gasteiger partial charge is 0.461 e. The van der Waals surface area contributed by atoms with Gasteiger partial charge in [-0.3, -0.25) is 0 Å². The molecule has 30 heavy (non-hydrogen) atoms. The number of aromatic nitrogens is 3. The molecule has 2 aromatic rings. The van der Waals surface area contributed by atoms with Crippen LogP contribution < -0.4 is 10.6 Å². The summed E-state index contributed by atoms with van der Waals surface area (Å²) in [6.07, 6.45) is 6.41. The van der Waals surface area contributed by atoms with E-state index in [9.17, 15) is 9.59 Å². The van der Waals surface area contributed by atoms with E-state index in [4.69, 9.17) is 9.47 Å². The lowest BCUT2D eigenvalue weighted by Crippen LogP contribution is -2.42. The molecule has 0 radical (unpaired) electrons. The highest BCUT2D eigenvalue weighted by atomic mass is 79.9. The average molecular weight is 482 g/mol. The number of imidazole rings is 1. The highest BCUT2D eigenvalue weighted by Crippen LogP contribution is 2.25. The summed E-state index contributed by atoms with van der Waals surface area (Å²) < 4.78 is 12.8. The number of carbonyl (C=O) groups is 2. The van der Waals surface area contributed by atoms with Crippen LogP contribution in [-0.2, 0) is 9.47 Å². The van der Waals surface area contributed by atoms with Crippen molar-refractivity contribution in [1.82, 2.24) is 19.7 Å². The van der Waals surface area contributed by atoms with E-state index in [1.165, 1.54) is 0 Å². The molecule has 0 aliphatic heterocycles. The zero-order valence-corrected chi connectivity index (χ0v) is 19.3. The Hall–Kier alpha value is -2.36. The number of esters is 1. The summed E-state index contributed by atoms with van der Waals surface area (Å²) in [5.74, 6) is 0.139. The van der Waals surface area contributed by atoms with E-state index in [1.807, 2.05) is 20.8 Å². The number of fused-ring (bicyclic) bond motifs is 1. The Morgan fingerprint density at radius 2 is 1.83 bits per heavy atom. The molecule has 2 heterocycles. The van der Waals surface area contributed by atoms with Crippen molar-refractivity contribution in [3.8, 4) is 0 Å². The average Bonchev–Trinajstić information content (AvgIpc) is 3.06. The van der Waals surface area contributed by atoms with Crippen LogP contribution in [0.3, 0.4) is 0 Å². The second-order valence-corrected chi connectivity index (χ2v) is 9.14. The Kier molecular flexibility index (Phi) is 6.84. The molecule has 10 heteroatoms. The van der Waals surface area contributed by atoms with Gasteiger partial charge in [-0.1, -0.05) is 0 Å². The van der Waals surface area contributed by atoms with Crippen molar-refractivity contribution in [2.45, 2.75) is 71.1 Å². The maximum absolute atomic E-state index is 12.0. The summed E-state index contributed by atoms with van der Waals surface area (Å²) in [4.78, 5) is 32.9.